The fraction of sp³-hybridized carbons (Fsp3) is 0.533. The summed E-state index contributed by atoms with van der Waals surface area (Å²) in [5.41, 5.74) is 0.0935. The summed E-state index contributed by atoms with van der Waals surface area (Å²) in [6.07, 6.45) is -1.64. The molecule has 0 N–H and O–H groups in total. The van der Waals surface area contributed by atoms with Crippen LogP contribution in [0.15, 0.2) is 22.7 Å². The van der Waals surface area contributed by atoms with Crippen molar-refractivity contribution in [3.05, 3.63) is 33.8 Å². The minimum atomic E-state index is -4.38. The van der Waals surface area contributed by atoms with Gasteiger partial charge in [0.1, 0.15) is 0 Å². The van der Waals surface area contributed by atoms with Crippen LogP contribution in [0.4, 0.5) is 13.2 Å². The molecule has 1 aliphatic carbocycles. The van der Waals surface area contributed by atoms with Crippen LogP contribution in [0.1, 0.15) is 36.3 Å². The number of esters is 1. The van der Waals surface area contributed by atoms with Crippen LogP contribution in [0, 0.1) is 11.8 Å². The van der Waals surface area contributed by atoms with Gasteiger partial charge in [0, 0.05) is 10.4 Å². The van der Waals surface area contributed by atoms with Crippen LogP contribution in [-0.4, -0.2) is 12.6 Å². The van der Waals surface area contributed by atoms with Gasteiger partial charge in [0.25, 0.3) is 0 Å². The van der Waals surface area contributed by atoms with Gasteiger partial charge in [-0.3, -0.25) is 4.79 Å². The first-order valence-electron chi connectivity index (χ1n) is 6.91. The Hall–Kier alpha value is -1.04. The Bertz CT molecular complexity index is 571. The molecule has 1 saturated heterocycles. The van der Waals surface area contributed by atoms with Crippen LogP contribution < -0.4 is 0 Å². The summed E-state index contributed by atoms with van der Waals surface area (Å²) in [6, 6.07) is 4.08. The lowest BCUT2D eigenvalue weighted by Crippen LogP contribution is -2.28. The highest BCUT2D eigenvalue weighted by molar-refractivity contribution is 9.10. The van der Waals surface area contributed by atoms with Crippen LogP contribution >= 0.6 is 15.9 Å². The van der Waals surface area contributed by atoms with Crippen molar-refractivity contribution < 1.29 is 22.7 Å². The fourth-order valence-corrected chi connectivity index (χ4v) is 4.10. The molecule has 0 amide bonds. The number of carbonyl (C=O) groups is 1. The number of halogens is 4. The zero-order valence-electron chi connectivity index (χ0n) is 11.1. The van der Waals surface area contributed by atoms with E-state index in [1.165, 1.54) is 12.1 Å². The van der Waals surface area contributed by atoms with Crippen LogP contribution in [0.25, 0.3) is 0 Å². The molecular weight excluding hydrogens is 349 g/mol. The Morgan fingerprint density at radius 2 is 2.00 bits per heavy atom. The molecule has 0 bridgehead atoms. The Balaban J connectivity index is 1.93. The van der Waals surface area contributed by atoms with Gasteiger partial charge in [-0.15, -0.1) is 0 Å². The molecule has 1 saturated carbocycles. The maximum atomic E-state index is 12.8. The lowest BCUT2D eigenvalue weighted by molar-refractivity contribution is -0.142. The number of cyclic esters (lactones) is 1. The molecule has 1 heterocycles. The second-order valence-electron chi connectivity index (χ2n) is 5.69. The molecule has 1 aromatic rings. The van der Waals surface area contributed by atoms with E-state index in [1.807, 2.05) is 0 Å². The molecule has 3 atom stereocenters. The number of benzene rings is 1. The number of hydrogen-bond donors (Lipinski definition) is 0. The zero-order chi connectivity index (χ0) is 15.2. The van der Waals surface area contributed by atoms with Crippen molar-refractivity contribution in [3.8, 4) is 0 Å². The molecule has 6 heteroatoms. The fourth-order valence-electron chi connectivity index (χ4n) is 3.48. The molecule has 2 nitrogen and oxygen atoms in total. The Morgan fingerprint density at radius 3 is 2.67 bits per heavy atom. The van der Waals surface area contributed by atoms with Crippen LogP contribution in [0.2, 0.25) is 0 Å². The van der Waals surface area contributed by atoms with Crippen molar-refractivity contribution in [3.63, 3.8) is 0 Å². The van der Waals surface area contributed by atoms with Gasteiger partial charge in [-0.2, -0.15) is 13.2 Å². The normalized spacial score (nSPS) is 29.1. The van der Waals surface area contributed by atoms with E-state index in [0.717, 1.165) is 30.9 Å². The lowest BCUT2D eigenvalue weighted by Gasteiger charge is -2.31. The van der Waals surface area contributed by atoms with Gasteiger partial charge in [-0.25, -0.2) is 0 Å². The summed E-state index contributed by atoms with van der Waals surface area (Å²) in [4.78, 5) is 11.9. The van der Waals surface area contributed by atoms with E-state index in [9.17, 15) is 18.0 Å². The van der Waals surface area contributed by atoms with E-state index in [0.29, 0.717) is 6.61 Å². The van der Waals surface area contributed by atoms with E-state index in [2.05, 4.69) is 15.9 Å². The summed E-state index contributed by atoms with van der Waals surface area (Å²) in [5.74, 6) is -0.252. The minimum Gasteiger partial charge on any atom is -0.465 e. The molecular formula is C15H14BrF3O2. The summed E-state index contributed by atoms with van der Waals surface area (Å²) in [5, 5.41) is 0. The molecule has 1 aliphatic heterocycles. The van der Waals surface area contributed by atoms with Gasteiger partial charge in [0.15, 0.2) is 0 Å². The minimum absolute atomic E-state index is 0.0287. The molecule has 0 aromatic heterocycles. The third-order valence-electron chi connectivity index (χ3n) is 4.47. The van der Waals surface area contributed by atoms with Gasteiger partial charge >= 0.3 is 12.1 Å². The van der Waals surface area contributed by atoms with Crippen molar-refractivity contribution >= 4 is 21.9 Å². The molecule has 0 unspecified atom stereocenters. The predicted molar refractivity (Wildman–Crippen MR) is 73.7 cm³/mol. The van der Waals surface area contributed by atoms with Crippen LogP contribution in [0.5, 0.6) is 0 Å². The molecule has 2 fully saturated rings. The quantitative estimate of drug-likeness (QED) is 0.686. The second-order valence-corrected chi connectivity index (χ2v) is 6.54. The zero-order valence-corrected chi connectivity index (χ0v) is 12.7. The van der Waals surface area contributed by atoms with Gasteiger partial charge in [-0.1, -0.05) is 28.4 Å². The SMILES string of the molecule is O=C1OC[C@@H]2CCC[C@H](c3ccc(C(F)(F)F)c(Br)c3)[C@H]12. The third-order valence-corrected chi connectivity index (χ3v) is 5.13. The topological polar surface area (TPSA) is 26.3 Å². The van der Waals surface area contributed by atoms with Gasteiger partial charge in [-0.05, 0) is 36.5 Å². The molecule has 114 valence electrons. The maximum Gasteiger partial charge on any atom is 0.417 e. The van der Waals surface area contributed by atoms with Crippen LogP contribution in [0.3, 0.4) is 0 Å². The van der Waals surface area contributed by atoms with Crippen molar-refractivity contribution in [2.45, 2.75) is 31.4 Å². The van der Waals surface area contributed by atoms with Crippen molar-refractivity contribution in [1.82, 2.24) is 0 Å². The molecule has 3 rings (SSSR count). The van der Waals surface area contributed by atoms with E-state index in [-0.39, 0.29) is 28.2 Å². The molecule has 0 spiro atoms. The highest BCUT2D eigenvalue weighted by Crippen LogP contribution is 2.46. The summed E-state index contributed by atoms with van der Waals surface area (Å²) < 4.78 is 43.5. The number of carbonyl (C=O) groups excluding carboxylic acids is 1. The standard InChI is InChI=1S/C15H14BrF3O2/c16-12-6-8(4-5-11(12)15(17,18)19)10-3-1-2-9-7-21-14(20)13(9)10/h4-6,9-10,13H,1-3,7H2/t9-,10+,13+/m0/s1. The second kappa shape index (κ2) is 5.30. The highest BCUT2D eigenvalue weighted by Gasteiger charge is 2.45. The lowest BCUT2D eigenvalue weighted by atomic mass is 9.70. The monoisotopic (exact) mass is 362 g/mol. The number of rotatable bonds is 1. The average Bonchev–Trinajstić information content (AvgIpc) is 2.79. The number of fused-ring (bicyclic) bond motifs is 1. The molecule has 0 radical (unpaired) electrons. The maximum absolute atomic E-state index is 12.8. The van der Waals surface area contributed by atoms with Crippen molar-refractivity contribution in [1.29, 1.82) is 0 Å². The first-order valence-corrected chi connectivity index (χ1v) is 7.70. The Morgan fingerprint density at radius 1 is 1.24 bits per heavy atom. The highest BCUT2D eigenvalue weighted by atomic mass is 79.9. The van der Waals surface area contributed by atoms with Gasteiger partial charge in [0.05, 0.1) is 18.1 Å². The van der Waals surface area contributed by atoms with Crippen molar-refractivity contribution in [2.24, 2.45) is 11.8 Å². The number of alkyl halides is 3. The molecule has 2 aliphatic rings. The van der Waals surface area contributed by atoms with Crippen LogP contribution in [-0.2, 0) is 15.7 Å². The first kappa shape index (κ1) is 14.9. The average molecular weight is 363 g/mol. The van der Waals surface area contributed by atoms with Crippen molar-refractivity contribution in [2.75, 3.05) is 6.61 Å². The summed E-state index contributed by atoms with van der Waals surface area (Å²) >= 11 is 3.00. The Labute approximate surface area is 128 Å². The van der Waals surface area contributed by atoms with Gasteiger partial charge in [0.2, 0.25) is 0 Å². The first-order chi connectivity index (χ1) is 9.88. The smallest absolute Gasteiger partial charge is 0.417 e. The predicted octanol–water partition coefficient (Wildman–Crippen LogP) is 4.52. The number of ether oxygens (including phenoxy) is 1. The Kier molecular flexibility index (Phi) is 3.76. The largest absolute Gasteiger partial charge is 0.465 e. The number of hydrogen-bond acceptors (Lipinski definition) is 2. The molecule has 21 heavy (non-hydrogen) atoms. The van der Waals surface area contributed by atoms with Gasteiger partial charge < -0.3 is 4.74 Å². The summed E-state index contributed by atoms with van der Waals surface area (Å²) in [7, 11) is 0. The summed E-state index contributed by atoms with van der Waals surface area (Å²) in [6.45, 7) is 0.446. The van der Waals surface area contributed by atoms with E-state index < -0.39 is 11.7 Å². The van der Waals surface area contributed by atoms with E-state index in [4.69, 9.17) is 4.74 Å². The molecule has 1 aromatic carbocycles. The third kappa shape index (κ3) is 2.70. The van der Waals surface area contributed by atoms with E-state index in [1.54, 1.807) is 0 Å². The van der Waals surface area contributed by atoms with E-state index >= 15 is 0 Å².